The summed E-state index contributed by atoms with van der Waals surface area (Å²) >= 11 is 1.74. The maximum absolute atomic E-state index is 9.31. The molecule has 0 spiro atoms. The van der Waals surface area contributed by atoms with Crippen molar-refractivity contribution in [2.75, 3.05) is 13.2 Å². The first kappa shape index (κ1) is 12.0. The van der Waals surface area contributed by atoms with Crippen LogP contribution in [-0.2, 0) is 0 Å². The van der Waals surface area contributed by atoms with Crippen LogP contribution in [0.3, 0.4) is 0 Å². The number of rotatable bonds is 6. The van der Waals surface area contributed by atoms with Crippen molar-refractivity contribution in [3.05, 3.63) is 22.4 Å². The van der Waals surface area contributed by atoms with Gasteiger partial charge in [0.25, 0.3) is 0 Å². The standard InChI is InChI=1S/C12H19NO2S/c1-12(7-14,8-15)13-11(9-4-5-9)10-3-2-6-16-10/h2-3,6,9,11,13-15H,4-5,7-8H2,1H3. The van der Waals surface area contributed by atoms with Crippen LogP contribution in [0.2, 0.25) is 0 Å². The summed E-state index contributed by atoms with van der Waals surface area (Å²) in [6.07, 6.45) is 2.48. The van der Waals surface area contributed by atoms with Gasteiger partial charge in [-0.05, 0) is 37.1 Å². The van der Waals surface area contributed by atoms with Crippen molar-refractivity contribution in [3.63, 3.8) is 0 Å². The van der Waals surface area contributed by atoms with E-state index in [-0.39, 0.29) is 19.3 Å². The summed E-state index contributed by atoms with van der Waals surface area (Å²) in [7, 11) is 0. The minimum absolute atomic E-state index is 0.0436. The normalized spacial score (nSPS) is 18.7. The first-order valence-corrected chi connectivity index (χ1v) is 6.59. The molecular formula is C12H19NO2S. The van der Waals surface area contributed by atoms with E-state index in [1.54, 1.807) is 11.3 Å². The molecule has 0 saturated heterocycles. The van der Waals surface area contributed by atoms with E-state index in [1.165, 1.54) is 17.7 Å². The van der Waals surface area contributed by atoms with E-state index in [9.17, 15) is 10.2 Å². The van der Waals surface area contributed by atoms with Gasteiger partial charge in [-0.15, -0.1) is 11.3 Å². The van der Waals surface area contributed by atoms with Crippen molar-refractivity contribution in [1.82, 2.24) is 5.32 Å². The molecule has 1 aliphatic rings. The molecule has 0 aliphatic heterocycles. The summed E-state index contributed by atoms with van der Waals surface area (Å²) in [5.41, 5.74) is -0.586. The third-order valence-electron chi connectivity index (χ3n) is 3.15. The SMILES string of the molecule is CC(CO)(CO)NC(c1cccs1)C1CC1. The Hall–Kier alpha value is -0.420. The topological polar surface area (TPSA) is 52.5 Å². The summed E-state index contributed by atoms with van der Waals surface area (Å²) < 4.78 is 0. The van der Waals surface area contributed by atoms with Crippen LogP contribution in [0.1, 0.15) is 30.7 Å². The molecule has 2 rings (SSSR count). The minimum atomic E-state index is -0.586. The molecule has 0 amide bonds. The highest BCUT2D eigenvalue weighted by atomic mass is 32.1. The molecule has 1 heterocycles. The van der Waals surface area contributed by atoms with Crippen LogP contribution in [0.15, 0.2) is 17.5 Å². The van der Waals surface area contributed by atoms with Crippen LogP contribution >= 0.6 is 11.3 Å². The predicted octanol–water partition coefficient (Wildman–Crippen LogP) is 1.53. The van der Waals surface area contributed by atoms with Crippen LogP contribution in [0.4, 0.5) is 0 Å². The molecule has 1 aromatic rings. The molecule has 0 radical (unpaired) electrons. The Morgan fingerprint density at radius 2 is 2.19 bits per heavy atom. The molecule has 4 heteroatoms. The van der Waals surface area contributed by atoms with Gasteiger partial charge in [-0.1, -0.05) is 6.07 Å². The van der Waals surface area contributed by atoms with Gasteiger partial charge < -0.3 is 10.2 Å². The second-order valence-corrected chi connectivity index (χ2v) is 5.83. The van der Waals surface area contributed by atoms with E-state index >= 15 is 0 Å². The number of thiophene rings is 1. The Kier molecular flexibility index (Phi) is 3.64. The zero-order chi connectivity index (χ0) is 11.6. The molecule has 1 saturated carbocycles. The van der Waals surface area contributed by atoms with E-state index in [2.05, 4.69) is 16.8 Å². The fourth-order valence-corrected chi connectivity index (χ4v) is 2.71. The number of aliphatic hydroxyl groups excluding tert-OH is 2. The molecule has 16 heavy (non-hydrogen) atoms. The summed E-state index contributed by atoms with van der Waals surface area (Å²) in [6, 6.07) is 4.45. The summed E-state index contributed by atoms with van der Waals surface area (Å²) in [6.45, 7) is 1.77. The summed E-state index contributed by atoms with van der Waals surface area (Å²) in [4.78, 5) is 1.30. The molecule has 0 bridgehead atoms. The molecule has 1 aliphatic carbocycles. The van der Waals surface area contributed by atoms with Gasteiger partial charge in [0.2, 0.25) is 0 Å². The summed E-state index contributed by atoms with van der Waals surface area (Å²) in [5.74, 6) is 0.663. The van der Waals surface area contributed by atoms with Crippen LogP contribution in [-0.4, -0.2) is 29.0 Å². The van der Waals surface area contributed by atoms with E-state index in [1.807, 2.05) is 13.0 Å². The van der Waals surface area contributed by atoms with Crippen LogP contribution in [0, 0.1) is 5.92 Å². The van der Waals surface area contributed by atoms with Crippen molar-refractivity contribution in [1.29, 1.82) is 0 Å². The Morgan fingerprint density at radius 3 is 2.62 bits per heavy atom. The van der Waals surface area contributed by atoms with Crippen LogP contribution in [0.5, 0.6) is 0 Å². The fourth-order valence-electron chi connectivity index (χ4n) is 1.84. The lowest BCUT2D eigenvalue weighted by atomic mass is 10.0. The minimum Gasteiger partial charge on any atom is -0.394 e. The second-order valence-electron chi connectivity index (χ2n) is 4.85. The third kappa shape index (κ3) is 2.63. The highest BCUT2D eigenvalue weighted by molar-refractivity contribution is 7.10. The lowest BCUT2D eigenvalue weighted by Crippen LogP contribution is -2.50. The molecule has 0 aromatic carbocycles. The Labute approximate surface area is 100 Å². The Bertz CT molecular complexity index is 318. The van der Waals surface area contributed by atoms with Gasteiger partial charge in [0.1, 0.15) is 0 Å². The molecule has 1 unspecified atom stereocenters. The molecule has 90 valence electrons. The number of nitrogens with one attached hydrogen (secondary N) is 1. The van der Waals surface area contributed by atoms with E-state index < -0.39 is 5.54 Å². The molecular weight excluding hydrogens is 222 g/mol. The molecule has 1 aromatic heterocycles. The van der Waals surface area contributed by atoms with Crippen molar-refractivity contribution in [3.8, 4) is 0 Å². The quantitative estimate of drug-likeness (QED) is 0.708. The molecule has 3 nitrogen and oxygen atoms in total. The smallest absolute Gasteiger partial charge is 0.0633 e. The number of aliphatic hydroxyl groups is 2. The monoisotopic (exact) mass is 241 g/mol. The van der Waals surface area contributed by atoms with Gasteiger partial charge in [-0.3, -0.25) is 5.32 Å². The van der Waals surface area contributed by atoms with Crippen molar-refractivity contribution >= 4 is 11.3 Å². The van der Waals surface area contributed by atoms with Crippen molar-refractivity contribution in [2.45, 2.75) is 31.3 Å². The van der Waals surface area contributed by atoms with Gasteiger partial charge in [0.05, 0.1) is 18.8 Å². The maximum atomic E-state index is 9.31. The average molecular weight is 241 g/mol. The van der Waals surface area contributed by atoms with Crippen LogP contribution < -0.4 is 5.32 Å². The lowest BCUT2D eigenvalue weighted by molar-refractivity contribution is 0.0914. The highest BCUT2D eigenvalue weighted by Gasteiger charge is 2.37. The second kappa shape index (κ2) is 4.84. The number of hydrogen-bond acceptors (Lipinski definition) is 4. The first-order chi connectivity index (χ1) is 7.68. The Balaban J connectivity index is 2.09. The Morgan fingerprint density at radius 1 is 1.50 bits per heavy atom. The van der Waals surface area contributed by atoms with Crippen molar-refractivity contribution < 1.29 is 10.2 Å². The van der Waals surface area contributed by atoms with Crippen LogP contribution in [0.25, 0.3) is 0 Å². The average Bonchev–Trinajstić information content (AvgIpc) is 3.01. The van der Waals surface area contributed by atoms with Gasteiger partial charge in [0.15, 0.2) is 0 Å². The fraction of sp³-hybridized carbons (Fsp3) is 0.667. The van der Waals surface area contributed by atoms with Gasteiger partial charge in [-0.25, -0.2) is 0 Å². The highest BCUT2D eigenvalue weighted by Crippen LogP contribution is 2.43. The first-order valence-electron chi connectivity index (χ1n) is 5.71. The van der Waals surface area contributed by atoms with Gasteiger partial charge in [0, 0.05) is 10.9 Å². The predicted molar refractivity (Wildman–Crippen MR) is 65.5 cm³/mol. The van der Waals surface area contributed by atoms with Gasteiger partial charge in [-0.2, -0.15) is 0 Å². The van der Waals surface area contributed by atoms with Gasteiger partial charge >= 0.3 is 0 Å². The third-order valence-corrected chi connectivity index (χ3v) is 4.10. The maximum Gasteiger partial charge on any atom is 0.0633 e. The molecule has 1 atom stereocenters. The lowest BCUT2D eigenvalue weighted by Gasteiger charge is -2.31. The zero-order valence-corrected chi connectivity index (χ0v) is 10.3. The van der Waals surface area contributed by atoms with E-state index in [0.29, 0.717) is 5.92 Å². The molecule has 3 N–H and O–H groups in total. The van der Waals surface area contributed by atoms with E-state index in [0.717, 1.165) is 0 Å². The van der Waals surface area contributed by atoms with Crippen molar-refractivity contribution in [2.24, 2.45) is 5.92 Å². The largest absolute Gasteiger partial charge is 0.394 e. The number of hydrogen-bond donors (Lipinski definition) is 3. The van der Waals surface area contributed by atoms with E-state index in [4.69, 9.17) is 0 Å². The zero-order valence-electron chi connectivity index (χ0n) is 9.52. The molecule has 1 fully saturated rings. The summed E-state index contributed by atoms with van der Waals surface area (Å²) in [5, 5.41) is 24.1.